The standard InChI is InChI=1S/C13H13FN2O/c14-10-4-1-3-9(7-10)13-16-12(8-17-13)11-5-2-6-15-11/h1,3-4,7-8,11,15H,2,5-6H2. The van der Waals surface area contributed by atoms with Gasteiger partial charge in [0.05, 0.1) is 11.7 Å². The number of benzene rings is 1. The summed E-state index contributed by atoms with van der Waals surface area (Å²) in [5, 5.41) is 3.35. The van der Waals surface area contributed by atoms with Gasteiger partial charge in [0.25, 0.3) is 0 Å². The van der Waals surface area contributed by atoms with Gasteiger partial charge < -0.3 is 9.73 Å². The molecular formula is C13H13FN2O. The topological polar surface area (TPSA) is 38.1 Å². The van der Waals surface area contributed by atoms with Crippen LogP contribution in [0.3, 0.4) is 0 Å². The largest absolute Gasteiger partial charge is 0.444 e. The molecule has 1 aromatic heterocycles. The van der Waals surface area contributed by atoms with Crippen LogP contribution in [-0.2, 0) is 0 Å². The van der Waals surface area contributed by atoms with Crippen molar-refractivity contribution in [2.24, 2.45) is 0 Å². The second-order valence-corrected chi connectivity index (χ2v) is 4.24. The van der Waals surface area contributed by atoms with Crippen LogP contribution >= 0.6 is 0 Å². The summed E-state index contributed by atoms with van der Waals surface area (Å²) in [6.45, 7) is 1.02. The van der Waals surface area contributed by atoms with Crippen molar-refractivity contribution < 1.29 is 8.81 Å². The molecule has 3 rings (SSSR count). The monoisotopic (exact) mass is 232 g/mol. The first kappa shape index (κ1) is 10.5. The maximum absolute atomic E-state index is 13.1. The Morgan fingerprint density at radius 1 is 1.41 bits per heavy atom. The molecule has 1 saturated heterocycles. The van der Waals surface area contributed by atoms with Crippen LogP contribution in [0.5, 0.6) is 0 Å². The molecule has 2 aromatic rings. The zero-order valence-electron chi connectivity index (χ0n) is 9.32. The zero-order chi connectivity index (χ0) is 11.7. The average molecular weight is 232 g/mol. The van der Waals surface area contributed by atoms with Gasteiger partial charge in [0, 0.05) is 5.56 Å². The molecule has 4 heteroatoms. The van der Waals surface area contributed by atoms with Crippen molar-refractivity contribution in [3.63, 3.8) is 0 Å². The molecule has 0 spiro atoms. The van der Waals surface area contributed by atoms with E-state index in [0.717, 1.165) is 25.1 Å². The van der Waals surface area contributed by atoms with E-state index in [9.17, 15) is 4.39 Å². The minimum absolute atomic E-state index is 0.277. The highest BCUT2D eigenvalue weighted by Gasteiger charge is 2.20. The number of halogens is 1. The third kappa shape index (κ3) is 2.08. The van der Waals surface area contributed by atoms with E-state index in [1.807, 2.05) is 0 Å². The third-order valence-corrected chi connectivity index (χ3v) is 3.01. The lowest BCUT2D eigenvalue weighted by molar-refractivity contribution is 0.562. The molecule has 1 N–H and O–H groups in total. The molecule has 88 valence electrons. The highest BCUT2D eigenvalue weighted by atomic mass is 19.1. The van der Waals surface area contributed by atoms with Crippen LogP contribution in [0.4, 0.5) is 4.39 Å². The molecule has 1 fully saturated rings. The smallest absolute Gasteiger partial charge is 0.226 e. The van der Waals surface area contributed by atoms with Gasteiger partial charge in [-0.15, -0.1) is 0 Å². The molecule has 0 saturated carbocycles. The quantitative estimate of drug-likeness (QED) is 0.865. The molecule has 3 nitrogen and oxygen atoms in total. The molecule has 2 heterocycles. The van der Waals surface area contributed by atoms with E-state index >= 15 is 0 Å². The van der Waals surface area contributed by atoms with E-state index in [4.69, 9.17) is 4.42 Å². The van der Waals surface area contributed by atoms with Crippen LogP contribution < -0.4 is 5.32 Å². The number of oxazole rings is 1. The first-order valence-corrected chi connectivity index (χ1v) is 5.78. The highest BCUT2D eigenvalue weighted by Crippen LogP contribution is 2.26. The molecule has 1 aliphatic heterocycles. The summed E-state index contributed by atoms with van der Waals surface area (Å²) in [7, 11) is 0. The Bertz CT molecular complexity index is 518. The van der Waals surface area contributed by atoms with E-state index in [0.29, 0.717) is 11.5 Å². The van der Waals surface area contributed by atoms with Gasteiger partial charge in [0.15, 0.2) is 0 Å². The van der Waals surface area contributed by atoms with Gasteiger partial charge in [-0.25, -0.2) is 9.37 Å². The van der Waals surface area contributed by atoms with Crippen LogP contribution in [0.2, 0.25) is 0 Å². The Kier molecular flexibility index (Phi) is 2.65. The number of hydrogen-bond acceptors (Lipinski definition) is 3. The van der Waals surface area contributed by atoms with Crippen LogP contribution in [0.25, 0.3) is 11.5 Å². The fraction of sp³-hybridized carbons (Fsp3) is 0.308. The van der Waals surface area contributed by atoms with Crippen molar-refractivity contribution in [3.8, 4) is 11.5 Å². The second kappa shape index (κ2) is 4.30. The van der Waals surface area contributed by atoms with E-state index in [2.05, 4.69) is 10.3 Å². The van der Waals surface area contributed by atoms with Crippen molar-refractivity contribution in [1.82, 2.24) is 10.3 Å². The van der Waals surface area contributed by atoms with Crippen LogP contribution in [-0.4, -0.2) is 11.5 Å². The number of rotatable bonds is 2. The maximum atomic E-state index is 13.1. The molecule has 1 unspecified atom stereocenters. The number of hydrogen-bond donors (Lipinski definition) is 1. The molecule has 0 radical (unpaired) electrons. The lowest BCUT2D eigenvalue weighted by atomic mass is 10.2. The summed E-state index contributed by atoms with van der Waals surface area (Å²) >= 11 is 0. The lowest BCUT2D eigenvalue weighted by Gasteiger charge is -2.03. The highest BCUT2D eigenvalue weighted by molar-refractivity contribution is 5.53. The van der Waals surface area contributed by atoms with E-state index in [1.54, 1.807) is 18.4 Å². The summed E-state index contributed by atoms with van der Waals surface area (Å²) in [6, 6.07) is 6.56. The molecule has 17 heavy (non-hydrogen) atoms. The Morgan fingerprint density at radius 2 is 2.35 bits per heavy atom. The lowest BCUT2D eigenvalue weighted by Crippen LogP contribution is -2.12. The van der Waals surface area contributed by atoms with Gasteiger partial charge in [-0.05, 0) is 37.6 Å². The fourth-order valence-electron chi connectivity index (χ4n) is 2.14. The number of nitrogens with one attached hydrogen (secondary N) is 1. The summed E-state index contributed by atoms with van der Waals surface area (Å²) in [6.07, 6.45) is 3.89. The van der Waals surface area contributed by atoms with Gasteiger partial charge >= 0.3 is 0 Å². The second-order valence-electron chi connectivity index (χ2n) is 4.24. The van der Waals surface area contributed by atoms with Crippen LogP contribution in [0, 0.1) is 5.82 Å². The van der Waals surface area contributed by atoms with Crippen molar-refractivity contribution in [3.05, 3.63) is 42.0 Å². The number of aromatic nitrogens is 1. The Hall–Kier alpha value is -1.68. The molecular weight excluding hydrogens is 219 g/mol. The Morgan fingerprint density at radius 3 is 3.12 bits per heavy atom. The van der Waals surface area contributed by atoms with E-state index in [-0.39, 0.29) is 11.9 Å². The summed E-state index contributed by atoms with van der Waals surface area (Å²) < 4.78 is 18.5. The SMILES string of the molecule is Fc1cccc(-c2nc(C3CCCN3)co2)c1. The minimum Gasteiger partial charge on any atom is -0.444 e. The van der Waals surface area contributed by atoms with Crippen molar-refractivity contribution >= 4 is 0 Å². The fourth-order valence-corrected chi connectivity index (χ4v) is 2.14. The first-order valence-electron chi connectivity index (χ1n) is 5.78. The summed E-state index contributed by atoms with van der Waals surface area (Å²) in [5.41, 5.74) is 1.58. The Balaban J connectivity index is 1.89. The van der Waals surface area contributed by atoms with Crippen molar-refractivity contribution in [1.29, 1.82) is 0 Å². The molecule has 0 amide bonds. The maximum Gasteiger partial charge on any atom is 0.226 e. The normalized spacial score (nSPS) is 19.7. The van der Waals surface area contributed by atoms with E-state index < -0.39 is 0 Å². The van der Waals surface area contributed by atoms with Crippen molar-refractivity contribution in [2.45, 2.75) is 18.9 Å². The zero-order valence-corrected chi connectivity index (χ0v) is 9.32. The van der Waals surface area contributed by atoms with Gasteiger partial charge in [0.1, 0.15) is 12.1 Å². The molecule has 1 atom stereocenters. The average Bonchev–Trinajstić information content (AvgIpc) is 3.00. The molecule has 1 aromatic carbocycles. The first-order chi connectivity index (χ1) is 8.33. The van der Waals surface area contributed by atoms with Gasteiger partial charge in [-0.2, -0.15) is 0 Å². The Labute approximate surface area is 98.7 Å². The third-order valence-electron chi connectivity index (χ3n) is 3.01. The minimum atomic E-state index is -0.277. The predicted molar refractivity (Wildman–Crippen MR) is 61.9 cm³/mol. The van der Waals surface area contributed by atoms with Crippen LogP contribution in [0.1, 0.15) is 24.6 Å². The summed E-state index contributed by atoms with van der Waals surface area (Å²) in [5.74, 6) is 0.203. The van der Waals surface area contributed by atoms with Gasteiger partial charge in [0.2, 0.25) is 5.89 Å². The van der Waals surface area contributed by atoms with Crippen LogP contribution in [0.15, 0.2) is 34.9 Å². The molecule has 0 bridgehead atoms. The van der Waals surface area contributed by atoms with E-state index in [1.165, 1.54) is 12.1 Å². The molecule has 0 aliphatic carbocycles. The summed E-state index contributed by atoms with van der Waals surface area (Å²) in [4.78, 5) is 4.41. The number of nitrogens with zero attached hydrogens (tertiary/aromatic N) is 1. The molecule has 1 aliphatic rings. The predicted octanol–water partition coefficient (Wildman–Crippen LogP) is 2.91. The van der Waals surface area contributed by atoms with Crippen molar-refractivity contribution in [2.75, 3.05) is 6.54 Å². The van der Waals surface area contributed by atoms with Gasteiger partial charge in [-0.3, -0.25) is 0 Å². The van der Waals surface area contributed by atoms with Gasteiger partial charge in [-0.1, -0.05) is 6.07 Å².